The molecule has 0 radical (unpaired) electrons. The molecule has 1 aliphatic heterocycles. The summed E-state index contributed by atoms with van der Waals surface area (Å²) in [6.07, 6.45) is 2.90. The van der Waals surface area contributed by atoms with Crippen LogP contribution in [0.1, 0.15) is 11.1 Å². The monoisotopic (exact) mass is 390 g/mol. The molecule has 2 aromatic carbocycles. The van der Waals surface area contributed by atoms with Gasteiger partial charge in [-0.05, 0) is 35.9 Å². The summed E-state index contributed by atoms with van der Waals surface area (Å²) in [6.45, 7) is 0.176. The third-order valence-electron chi connectivity index (χ3n) is 3.53. The Bertz CT molecular complexity index is 1000. The summed E-state index contributed by atoms with van der Waals surface area (Å²) in [5.41, 5.74) is 1.30. The van der Waals surface area contributed by atoms with Crippen molar-refractivity contribution >= 4 is 39.5 Å². The highest BCUT2D eigenvalue weighted by Crippen LogP contribution is 2.22. The summed E-state index contributed by atoms with van der Waals surface area (Å²) in [4.78, 5) is 16.1. The molecule has 1 aliphatic rings. The second kappa shape index (κ2) is 7.72. The van der Waals surface area contributed by atoms with E-state index in [1.165, 1.54) is 12.1 Å². The lowest BCUT2D eigenvalue weighted by Crippen LogP contribution is -2.22. The number of rotatable bonds is 5. The zero-order valence-corrected chi connectivity index (χ0v) is 15.1. The van der Waals surface area contributed by atoms with E-state index in [0.29, 0.717) is 10.6 Å². The molecule has 0 spiro atoms. The fraction of sp³-hybridized carbons (Fsp3) is 0.111. The van der Waals surface area contributed by atoms with Crippen LogP contribution in [-0.2, 0) is 19.6 Å². The lowest BCUT2D eigenvalue weighted by Gasteiger charge is -2.01. The predicted molar refractivity (Wildman–Crippen MR) is 99.6 cm³/mol. The van der Waals surface area contributed by atoms with Crippen molar-refractivity contribution in [3.63, 3.8) is 0 Å². The molecule has 2 aromatic rings. The number of carbonyl (C=O) groups excluding carboxylic acids is 1. The molecule has 8 heteroatoms. The highest BCUT2D eigenvalue weighted by Gasteiger charge is 2.29. The first-order valence-corrected chi connectivity index (χ1v) is 9.59. The number of fused-ring (bicyclic) bond motifs is 1. The average molecular weight is 391 g/mol. The fourth-order valence-electron chi connectivity index (χ4n) is 2.38. The number of sulfonamides is 1. The standard InChI is InChI=1S/C18H15ClN2O4S/c19-14-5-3-4-13(12-14)8-9-17(22)25-11-10-20-18-15-6-1-2-7-16(15)26(23,24)21-18/h1-9,12H,10-11H2,(H,20,21)/b9-8+. The van der Waals surface area contributed by atoms with E-state index in [4.69, 9.17) is 16.3 Å². The molecule has 0 aliphatic carbocycles. The van der Waals surface area contributed by atoms with Crippen LogP contribution in [0.4, 0.5) is 0 Å². The molecule has 0 fully saturated rings. The number of hydrogen-bond acceptors (Lipinski definition) is 5. The molecule has 0 amide bonds. The highest BCUT2D eigenvalue weighted by molar-refractivity contribution is 7.90. The van der Waals surface area contributed by atoms with Gasteiger partial charge in [-0.1, -0.05) is 35.9 Å². The Balaban J connectivity index is 1.54. The molecule has 6 nitrogen and oxygen atoms in total. The van der Waals surface area contributed by atoms with Crippen molar-refractivity contribution in [1.82, 2.24) is 4.72 Å². The van der Waals surface area contributed by atoms with Gasteiger partial charge in [-0.3, -0.25) is 9.71 Å². The van der Waals surface area contributed by atoms with Crippen molar-refractivity contribution in [2.24, 2.45) is 4.99 Å². The summed E-state index contributed by atoms with van der Waals surface area (Å²) in [5.74, 6) is -0.260. The lowest BCUT2D eigenvalue weighted by molar-refractivity contribution is -0.137. The van der Waals surface area contributed by atoms with Crippen molar-refractivity contribution in [3.05, 3.63) is 70.8 Å². The average Bonchev–Trinajstić information content (AvgIpc) is 2.88. The fourth-order valence-corrected chi connectivity index (χ4v) is 3.83. The van der Waals surface area contributed by atoms with Crippen LogP contribution >= 0.6 is 11.6 Å². The van der Waals surface area contributed by atoms with Crippen LogP contribution in [0, 0.1) is 0 Å². The van der Waals surface area contributed by atoms with Gasteiger partial charge >= 0.3 is 5.97 Å². The molecule has 0 unspecified atom stereocenters. The zero-order valence-electron chi connectivity index (χ0n) is 13.6. The van der Waals surface area contributed by atoms with Gasteiger partial charge in [0.2, 0.25) is 0 Å². The maximum absolute atomic E-state index is 12.0. The van der Waals surface area contributed by atoms with Crippen molar-refractivity contribution in [1.29, 1.82) is 0 Å². The molecular weight excluding hydrogens is 376 g/mol. The molecular formula is C18H15ClN2O4S. The van der Waals surface area contributed by atoms with Crippen molar-refractivity contribution < 1.29 is 17.9 Å². The number of aliphatic imine (C=N–C) groups is 1. The molecule has 0 saturated carbocycles. The lowest BCUT2D eigenvalue weighted by atomic mass is 10.2. The van der Waals surface area contributed by atoms with E-state index < -0.39 is 16.0 Å². The van der Waals surface area contributed by atoms with Crippen molar-refractivity contribution in [3.8, 4) is 0 Å². The van der Waals surface area contributed by atoms with Gasteiger partial charge in [0.1, 0.15) is 12.4 Å². The Morgan fingerprint density at radius 3 is 2.81 bits per heavy atom. The van der Waals surface area contributed by atoms with E-state index in [0.717, 1.165) is 5.56 Å². The quantitative estimate of drug-likeness (QED) is 0.483. The number of ether oxygens (including phenoxy) is 1. The first-order chi connectivity index (χ1) is 12.5. The molecule has 0 aromatic heterocycles. The van der Waals surface area contributed by atoms with Gasteiger partial charge in [0.05, 0.1) is 11.4 Å². The predicted octanol–water partition coefficient (Wildman–Crippen LogP) is 2.64. The second-order valence-corrected chi connectivity index (χ2v) is 7.48. The summed E-state index contributed by atoms with van der Waals surface area (Å²) in [5, 5.41) is 0.579. The number of carbonyl (C=O) groups is 1. The van der Waals surface area contributed by atoms with E-state index in [-0.39, 0.29) is 23.9 Å². The minimum Gasteiger partial charge on any atom is -0.461 e. The second-order valence-electron chi connectivity index (χ2n) is 5.39. The van der Waals surface area contributed by atoms with Crippen LogP contribution in [0.5, 0.6) is 0 Å². The van der Waals surface area contributed by atoms with Gasteiger partial charge in [-0.2, -0.15) is 0 Å². The van der Waals surface area contributed by atoms with Crippen LogP contribution in [0.15, 0.2) is 64.5 Å². The van der Waals surface area contributed by atoms with E-state index in [1.54, 1.807) is 42.5 Å². The van der Waals surface area contributed by atoms with Gasteiger partial charge in [0.25, 0.3) is 10.0 Å². The van der Waals surface area contributed by atoms with E-state index >= 15 is 0 Å². The minimum absolute atomic E-state index is 0.0338. The largest absolute Gasteiger partial charge is 0.461 e. The van der Waals surface area contributed by atoms with Crippen LogP contribution < -0.4 is 4.72 Å². The van der Waals surface area contributed by atoms with Gasteiger partial charge in [-0.15, -0.1) is 0 Å². The molecule has 1 heterocycles. The number of esters is 1. The maximum Gasteiger partial charge on any atom is 0.330 e. The SMILES string of the molecule is O=C(/C=C/c1cccc(Cl)c1)OCCN=C1NS(=O)(=O)c2ccccc21. The molecule has 0 bridgehead atoms. The molecule has 1 N–H and O–H groups in total. The smallest absolute Gasteiger partial charge is 0.330 e. The summed E-state index contributed by atoms with van der Waals surface area (Å²) in [7, 11) is -3.56. The van der Waals surface area contributed by atoms with Crippen LogP contribution in [0.25, 0.3) is 6.08 Å². The topological polar surface area (TPSA) is 84.8 Å². The zero-order chi connectivity index (χ0) is 18.6. The molecule has 3 rings (SSSR count). The van der Waals surface area contributed by atoms with Crippen molar-refractivity contribution in [2.45, 2.75) is 4.90 Å². The van der Waals surface area contributed by atoms with Crippen LogP contribution in [0.2, 0.25) is 5.02 Å². The Morgan fingerprint density at radius 1 is 1.19 bits per heavy atom. The Hall–Kier alpha value is -2.64. The number of halogens is 1. The van der Waals surface area contributed by atoms with Gasteiger partial charge < -0.3 is 4.74 Å². The normalized spacial score (nSPS) is 16.4. The molecule has 26 heavy (non-hydrogen) atoms. The minimum atomic E-state index is -3.56. The number of hydrogen-bond donors (Lipinski definition) is 1. The van der Waals surface area contributed by atoms with Crippen LogP contribution in [0.3, 0.4) is 0 Å². The van der Waals surface area contributed by atoms with Crippen molar-refractivity contribution in [2.75, 3.05) is 13.2 Å². The summed E-state index contributed by atoms with van der Waals surface area (Å²) < 4.78 is 31.3. The molecule has 0 atom stereocenters. The van der Waals surface area contributed by atoms with Gasteiger partial charge in [-0.25, -0.2) is 13.2 Å². The van der Waals surface area contributed by atoms with Gasteiger partial charge in [0.15, 0.2) is 0 Å². The maximum atomic E-state index is 12.0. The first-order valence-electron chi connectivity index (χ1n) is 7.73. The van der Waals surface area contributed by atoms with Crippen LogP contribution in [-0.4, -0.2) is 33.4 Å². The summed E-state index contributed by atoms with van der Waals surface area (Å²) in [6, 6.07) is 13.6. The van der Waals surface area contributed by atoms with E-state index in [9.17, 15) is 13.2 Å². The molecule has 0 saturated heterocycles. The van der Waals surface area contributed by atoms with E-state index in [1.807, 2.05) is 6.07 Å². The number of benzene rings is 2. The third-order valence-corrected chi connectivity index (χ3v) is 5.16. The number of nitrogens with one attached hydrogen (secondary N) is 1. The third kappa shape index (κ3) is 4.30. The number of nitrogens with zero attached hydrogens (tertiary/aromatic N) is 1. The van der Waals surface area contributed by atoms with E-state index in [2.05, 4.69) is 9.71 Å². The first kappa shape index (κ1) is 18.2. The van der Waals surface area contributed by atoms with Gasteiger partial charge in [0, 0.05) is 16.7 Å². The Labute approximate surface area is 156 Å². The molecule has 134 valence electrons. The highest BCUT2D eigenvalue weighted by atomic mass is 35.5. The Kier molecular flexibility index (Phi) is 5.39. The Morgan fingerprint density at radius 2 is 2.00 bits per heavy atom. The summed E-state index contributed by atoms with van der Waals surface area (Å²) >= 11 is 5.87. The number of amidine groups is 1.